The molecule has 0 bridgehead atoms. The average molecular weight is 216 g/mol. The molecule has 0 saturated heterocycles. The first-order chi connectivity index (χ1) is 7.83. The first-order valence-corrected chi connectivity index (χ1v) is 5.48. The van der Waals surface area contributed by atoms with Crippen molar-refractivity contribution in [3.63, 3.8) is 0 Å². The fourth-order valence-electron chi connectivity index (χ4n) is 1.63. The Kier molecular flexibility index (Phi) is 3.31. The van der Waals surface area contributed by atoms with Gasteiger partial charge < -0.3 is 5.73 Å². The minimum absolute atomic E-state index is 0.424. The van der Waals surface area contributed by atoms with E-state index in [-0.39, 0.29) is 0 Å². The third kappa shape index (κ3) is 2.28. The van der Waals surface area contributed by atoms with Crippen LogP contribution in [0.1, 0.15) is 23.9 Å². The van der Waals surface area contributed by atoms with E-state index < -0.39 is 0 Å². The van der Waals surface area contributed by atoms with Crippen LogP contribution in [0.2, 0.25) is 0 Å². The molecular formula is C12H16N4. The number of nitrogens with zero attached hydrogens (tertiary/aromatic N) is 3. The van der Waals surface area contributed by atoms with Crippen LogP contribution in [0, 0.1) is 0 Å². The summed E-state index contributed by atoms with van der Waals surface area (Å²) in [5, 5.41) is 4.15. The van der Waals surface area contributed by atoms with Crippen LogP contribution in [-0.4, -0.2) is 14.8 Å². The highest BCUT2D eigenvalue weighted by atomic mass is 15.3. The minimum Gasteiger partial charge on any atom is -0.324 e. The molecule has 0 aliphatic rings. The maximum absolute atomic E-state index is 5.57. The van der Waals surface area contributed by atoms with E-state index in [1.807, 2.05) is 4.68 Å². The van der Waals surface area contributed by atoms with Gasteiger partial charge in [-0.05, 0) is 17.5 Å². The van der Waals surface area contributed by atoms with Crippen LogP contribution < -0.4 is 5.73 Å². The molecule has 4 nitrogen and oxygen atoms in total. The minimum atomic E-state index is 0.424. The molecule has 0 fully saturated rings. The van der Waals surface area contributed by atoms with Crippen LogP contribution in [0.3, 0.4) is 0 Å². The standard InChI is InChI=1S/C12H16N4/c1-2-10-3-5-11(6-4-10)8-16-12(7-13)14-9-15-16/h3-6,9H,2,7-8,13H2,1H3. The van der Waals surface area contributed by atoms with Crippen LogP contribution in [0.15, 0.2) is 30.6 Å². The monoisotopic (exact) mass is 216 g/mol. The summed E-state index contributed by atoms with van der Waals surface area (Å²) in [7, 11) is 0. The molecule has 1 heterocycles. The predicted molar refractivity (Wildman–Crippen MR) is 62.8 cm³/mol. The molecule has 0 saturated carbocycles. The van der Waals surface area contributed by atoms with E-state index in [0.29, 0.717) is 6.54 Å². The third-order valence-corrected chi connectivity index (χ3v) is 2.64. The Labute approximate surface area is 95.1 Å². The molecule has 0 aliphatic heterocycles. The lowest BCUT2D eigenvalue weighted by atomic mass is 10.1. The van der Waals surface area contributed by atoms with Crippen molar-refractivity contribution in [1.29, 1.82) is 0 Å². The lowest BCUT2D eigenvalue weighted by molar-refractivity contribution is 0.638. The van der Waals surface area contributed by atoms with Crippen LogP contribution >= 0.6 is 0 Å². The van der Waals surface area contributed by atoms with Gasteiger partial charge in [0.1, 0.15) is 12.2 Å². The molecule has 84 valence electrons. The Morgan fingerprint density at radius 2 is 1.88 bits per heavy atom. The van der Waals surface area contributed by atoms with E-state index in [1.54, 1.807) is 6.33 Å². The summed E-state index contributed by atoms with van der Waals surface area (Å²) in [4.78, 5) is 4.09. The zero-order valence-electron chi connectivity index (χ0n) is 9.43. The number of hydrogen-bond donors (Lipinski definition) is 1. The maximum atomic E-state index is 5.57. The second-order valence-electron chi connectivity index (χ2n) is 3.71. The Morgan fingerprint density at radius 3 is 2.50 bits per heavy atom. The van der Waals surface area contributed by atoms with Crippen LogP contribution in [0.25, 0.3) is 0 Å². The van der Waals surface area contributed by atoms with Gasteiger partial charge in [-0.25, -0.2) is 9.67 Å². The molecule has 4 heteroatoms. The molecule has 0 unspecified atom stereocenters. The molecule has 2 aromatic rings. The van der Waals surface area contributed by atoms with Gasteiger partial charge in [0.15, 0.2) is 0 Å². The quantitative estimate of drug-likeness (QED) is 0.839. The summed E-state index contributed by atoms with van der Waals surface area (Å²) in [5.41, 5.74) is 8.14. The molecular weight excluding hydrogens is 200 g/mol. The lowest BCUT2D eigenvalue weighted by Gasteiger charge is -2.05. The molecule has 1 aromatic heterocycles. The van der Waals surface area contributed by atoms with E-state index in [2.05, 4.69) is 41.3 Å². The zero-order chi connectivity index (χ0) is 11.4. The Hall–Kier alpha value is -1.68. The molecule has 2 N–H and O–H groups in total. The number of hydrogen-bond acceptors (Lipinski definition) is 3. The first-order valence-electron chi connectivity index (χ1n) is 5.48. The van der Waals surface area contributed by atoms with Gasteiger partial charge in [-0.15, -0.1) is 0 Å². The normalized spacial score (nSPS) is 10.6. The number of benzene rings is 1. The van der Waals surface area contributed by atoms with Crippen molar-refractivity contribution in [2.45, 2.75) is 26.4 Å². The molecule has 0 aliphatic carbocycles. The van der Waals surface area contributed by atoms with Gasteiger partial charge in [0.25, 0.3) is 0 Å². The SMILES string of the molecule is CCc1ccc(Cn2ncnc2CN)cc1. The summed E-state index contributed by atoms with van der Waals surface area (Å²) in [6, 6.07) is 8.55. The topological polar surface area (TPSA) is 56.7 Å². The van der Waals surface area contributed by atoms with Gasteiger partial charge in [0.05, 0.1) is 13.1 Å². The van der Waals surface area contributed by atoms with Gasteiger partial charge in [0, 0.05) is 0 Å². The fourth-order valence-corrected chi connectivity index (χ4v) is 1.63. The Balaban J connectivity index is 2.14. The number of aromatic nitrogens is 3. The van der Waals surface area contributed by atoms with Crippen molar-refractivity contribution in [3.05, 3.63) is 47.5 Å². The second kappa shape index (κ2) is 4.90. The number of nitrogens with two attached hydrogens (primary N) is 1. The largest absolute Gasteiger partial charge is 0.324 e. The average Bonchev–Trinajstić information content (AvgIpc) is 2.77. The van der Waals surface area contributed by atoms with Crippen molar-refractivity contribution >= 4 is 0 Å². The third-order valence-electron chi connectivity index (χ3n) is 2.64. The van der Waals surface area contributed by atoms with Crippen LogP contribution in [0.5, 0.6) is 0 Å². The molecule has 0 radical (unpaired) electrons. The van der Waals surface area contributed by atoms with Gasteiger partial charge in [-0.3, -0.25) is 0 Å². The van der Waals surface area contributed by atoms with Crippen molar-refractivity contribution in [2.75, 3.05) is 0 Å². The highest BCUT2D eigenvalue weighted by molar-refractivity contribution is 5.22. The summed E-state index contributed by atoms with van der Waals surface area (Å²) in [6.45, 7) is 3.31. The van der Waals surface area contributed by atoms with Gasteiger partial charge in [-0.1, -0.05) is 31.2 Å². The fraction of sp³-hybridized carbons (Fsp3) is 0.333. The molecule has 16 heavy (non-hydrogen) atoms. The van der Waals surface area contributed by atoms with E-state index >= 15 is 0 Å². The molecule has 1 aromatic carbocycles. The molecule has 0 atom stereocenters. The predicted octanol–water partition coefficient (Wildman–Crippen LogP) is 1.35. The van der Waals surface area contributed by atoms with E-state index in [4.69, 9.17) is 5.73 Å². The second-order valence-corrected chi connectivity index (χ2v) is 3.71. The Morgan fingerprint density at radius 1 is 1.19 bits per heavy atom. The van der Waals surface area contributed by atoms with Gasteiger partial charge in [-0.2, -0.15) is 5.10 Å². The van der Waals surface area contributed by atoms with Gasteiger partial charge in [0.2, 0.25) is 0 Å². The van der Waals surface area contributed by atoms with Crippen LogP contribution in [-0.2, 0) is 19.5 Å². The molecule has 0 spiro atoms. The summed E-state index contributed by atoms with van der Waals surface area (Å²) in [6.07, 6.45) is 2.61. The van der Waals surface area contributed by atoms with E-state index in [9.17, 15) is 0 Å². The number of aryl methyl sites for hydroxylation is 1. The highest BCUT2D eigenvalue weighted by Crippen LogP contribution is 2.07. The smallest absolute Gasteiger partial charge is 0.140 e. The first kappa shape index (κ1) is 10.8. The van der Waals surface area contributed by atoms with Crippen molar-refractivity contribution in [3.8, 4) is 0 Å². The van der Waals surface area contributed by atoms with Crippen molar-refractivity contribution < 1.29 is 0 Å². The van der Waals surface area contributed by atoms with E-state index in [0.717, 1.165) is 18.8 Å². The van der Waals surface area contributed by atoms with E-state index in [1.165, 1.54) is 11.1 Å². The summed E-state index contributed by atoms with van der Waals surface area (Å²) < 4.78 is 1.83. The van der Waals surface area contributed by atoms with Crippen molar-refractivity contribution in [2.24, 2.45) is 5.73 Å². The maximum Gasteiger partial charge on any atom is 0.140 e. The molecule has 0 amide bonds. The van der Waals surface area contributed by atoms with Gasteiger partial charge >= 0.3 is 0 Å². The number of rotatable bonds is 4. The highest BCUT2D eigenvalue weighted by Gasteiger charge is 2.02. The zero-order valence-corrected chi connectivity index (χ0v) is 9.43. The summed E-state index contributed by atoms with van der Waals surface area (Å²) in [5.74, 6) is 0.819. The summed E-state index contributed by atoms with van der Waals surface area (Å²) >= 11 is 0. The van der Waals surface area contributed by atoms with Crippen LogP contribution in [0.4, 0.5) is 0 Å². The van der Waals surface area contributed by atoms with Crippen molar-refractivity contribution in [1.82, 2.24) is 14.8 Å². The Bertz CT molecular complexity index is 444. The molecule has 2 rings (SSSR count). The lowest BCUT2D eigenvalue weighted by Crippen LogP contribution is -2.10.